The number of anilines is 1. The van der Waals surface area contributed by atoms with E-state index in [1.165, 1.54) is 25.3 Å². The van der Waals surface area contributed by atoms with Gasteiger partial charge in [0, 0.05) is 22.2 Å². The van der Waals surface area contributed by atoms with E-state index in [0.29, 0.717) is 11.3 Å². The van der Waals surface area contributed by atoms with Crippen molar-refractivity contribution in [3.63, 3.8) is 0 Å². The van der Waals surface area contributed by atoms with Crippen LogP contribution < -0.4 is 10.1 Å². The van der Waals surface area contributed by atoms with Gasteiger partial charge in [0.1, 0.15) is 5.75 Å². The third-order valence-electron chi connectivity index (χ3n) is 2.75. The molecule has 0 unspecified atom stereocenters. The first-order valence-electron chi connectivity index (χ1n) is 5.90. The molecule has 1 N–H and O–H groups in total. The van der Waals surface area contributed by atoms with Gasteiger partial charge in [-0.3, -0.25) is 14.9 Å². The summed E-state index contributed by atoms with van der Waals surface area (Å²) in [6, 6.07) is 10.8. The summed E-state index contributed by atoms with van der Waals surface area (Å²) in [5.74, 6) is -0.0210. The lowest BCUT2D eigenvalue weighted by atomic mass is 10.2. The van der Waals surface area contributed by atoms with Crippen LogP contribution in [0.3, 0.4) is 0 Å². The van der Waals surface area contributed by atoms with Gasteiger partial charge in [0.15, 0.2) is 0 Å². The lowest BCUT2D eigenvalue weighted by Gasteiger charge is -2.10. The molecule has 2 rings (SSSR count). The van der Waals surface area contributed by atoms with Crippen molar-refractivity contribution in [1.29, 1.82) is 0 Å². The van der Waals surface area contributed by atoms with Crippen LogP contribution in [0.25, 0.3) is 0 Å². The quantitative estimate of drug-likeness (QED) is 0.674. The molecule has 0 atom stereocenters. The van der Waals surface area contributed by atoms with Gasteiger partial charge in [0.25, 0.3) is 11.6 Å². The van der Waals surface area contributed by atoms with E-state index in [4.69, 9.17) is 4.74 Å². The summed E-state index contributed by atoms with van der Waals surface area (Å²) in [5, 5.41) is 13.4. The van der Waals surface area contributed by atoms with Crippen LogP contribution in [0, 0.1) is 10.1 Å². The summed E-state index contributed by atoms with van der Waals surface area (Å²) in [6.07, 6.45) is 0. The molecule has 0 heterocycles. The number of methoxy groups -OCH3 is 1. The molecular weight excluding hydrogens is 340 g/mol. The number of carbonyl (C=O) groups is 1. The van der Waals surface area contributed by atoms with Crippen molar-refractivity contribution in [3.05, 3.63) is 62.6 Å². The minimum atomic E-state index is -0.533. The number of nitrogens with zero attached hydrogens (tertiary/aromatic N) is 1. The number of nitro benzene ring substituents is 1. The molecule has 0 spiro atoms. The largest absolute Gasteiger partial charge is 0.495 e. The van der Waals surface area contributed by atoms with E-state index < -0.39 is 4.92 Å². The number of hydrogen-bond acceptors (Lipinski definition) is 4. The molecule has 0 aliphatic heterocycles. The molecule has 0 fully saturated rings. The number of halogens is 1. The lowest BCUT2D eigenvalue weighted by molar-refractivity contribution is -0.384. The molecule has 7 heteroatoms. The number of ether oxygens (including phenoxy) is 1. The van der Waals surface area contributed by atoms with E-state index in [2.05, 4.69) is 21.2 Å². The minimum Gasteiger partial charge on any atom is -0.495 e. The fourth-order valence-electron chi connectivity index (χ4n) is 1.70. The topological polar surface area (TPSA) is 81.5 Å². The van der Waals surface area contributed by atoms with E-state index in [0.717, 1.165) is 4.47 Å². The van der Waals surface area contributed by atoms with Crippen molar-refractivity contribution in [2.75, 3.05) is 12.4 Å². The Kier molecular flexibility index (Phi) is 4.54. The first kappa shape index (κ1) is 15.0. The van der Waals surface area contributed by atoms with Gasteiger partial charge in [0.2, 0.25) is 0 Å². The van der Waals surface area contributed by atoms with Crippen LogP contribution in [0.1, 0.15) is 10.4 Å². The lowest BCUT2D eigenvalue weighted by Crippen LogP contribution is -2.12. The zero-order valence-electron chi connectivity index (χ0n) is 11.0. The monoisotopic (exact) mass is 350 g/mol. The normalized spacial score (nSPS) is 10.0. The molecule has 0 saturated carbocycles. The summed E-state index contributed by atoms with van der Waals surface area (Å²) in [7, 11) is 1.43. The third kappa shape index (κ3) is 3.57. The van der Waals surface area contributed by atoms with E-state index >= 15 is 0 Å². The van der Waals surface area contributed by atoms with Gasteiger partial charge in [-0.05, 0) is 30.3 Å². The molecule has 108 valence electrons. The molecular formula is C14H11BrN2O4. The minimum absolute atomic E-state index is 0.123. The van der Waals surface area contributed by atoms with E-state index in [9.17, 15) is 14.9 Å². The molecule has 0 aromatic heterocycles. The summed E-state index contributed by atoms with van der Waals surface area (Å²) in [5.41, 5.74) is 0.563. The SMILES string of the molecule is COc1ccc([N+](=O)[O-])cc1NC(=O)c1ccc(Br)cc1. The van der Waals surface area contributed by atoms with Crippen molar-refractivity contribution < 1.29 is 14.5 Å². The maximum atomic E-state index is 12.1. The highest BCUT2D eigenvalue weighted by atomic mass is 79.9. The Morgan fingerprint density at radius 1 is 1.24 bits per heavy atom. The second kappa shape index (κ2) is 6.36. The molecule has 2 aromatic carbocycles. The number of hydrogen-bond donors (Lipinski definition) is 1. The molecule has 0 aliphatic carbocycles. The number of amides is 1. The van der Waals surface area contributed by atoms with Crippen molar-refractivity contribution in [3.8, 4) is 5.75 Å². The molecule has 1 amide bonds. The maximum absolute atomic E-state index is 12.1. The van der Waals surface area contributed by atoms with Gasteiger partial charge in [-0.15, -0.1) is 0 Å². The van der Waals surface area contributed by atoms with Gasteiger partial charge in [0.05, 0.1) is 17.7 Å². The number of benzene rings is 2. The number of rotatable bonds is 4. The van der Waals surface area contributed by atoms with Crippen LogP contribution >= 0.6 is 15.9 Å². The standard InChI is InChI=1S/C14H11BrN2O4/c1-21-13-7-6-11(17(19)20)8-12(13)16-14(18)9-2-4-10(15)5-3-9/h2-8H,1H3,(H,16,18). The van der Waals surface area contributed by atoms with Crippen molar-refractivity contribution >= 4 is 33.2 Å². The molecule has 0 bridgehead atoms. The molecule has 0 radical (unpaired) electrons. The first-order chi connectivity index (χ1) is 10.0. The average molecular weight is 351 g/mol. The summed E-state index contributed by atoms with van der Waals surface area (Å²) in [4.78, 5) is 22.4. The van der Waals surface area contributed by atoms with Crippen LogP contribution in [0.2, 0.25) is 0 Å². The van der Waals surface area contributed by atoms with Crippen molar-refractivity contribution in [2.45, 2.75) is 0 Å². The maximum Gasteiger partial charge on any atom is 0.271 e. The molecule has 6 nitrogen and oxygen atoms in total. The average Bonchev–Trinajstić information content (AvgIpc) is 2.47. The highest BCUT2D eigenvalue weighted by Gasteiger charge is 2.14. The molecule has 21 heavy (non-hydrogen) atoms. The van der Waals surface area contributed by atoms with Gasteiger partial charge >= 0.3 is 0 Å². The number of nitro groups is 1. The van der Waals surface area contributed by atoms with E-state index in [1.807, 2.05) is 0 Å². The number of nitrogens with one attached hydrogen (secondary N) is 1. The Morgan fingerprint density at radius 2 is 1.90 bits per heavy atom. The van der Waals surface area contributed by atoms with Crippen molar-refractivity contribution in [2.24, 2.45) is 0 Å². The molecule has 0 saturated heterocycles. The second-order valence-corrected chi connectivity index (χ2v) is 5.02. The molecule has 0 aliphatic rings. The smallest absolute Gasteiger partial charge is 0.271 e. The Balaban J connectivity index is 2.29. The Morgan fingerprint density at radius 3 is 2.48 bits per heavy atom. The highest BCUT2D eigenvalue weighted by molar-refractivity contribution is 9.10. The van der Waals surface area contributed by atoms with Gasteiger partial charge in [-0.2, -0.15) is 0 Å². The van der Waals surface area contributed by atoms with Crippen LogP contribution in [0.15, 0.2) is 46.9 Å². The van der Waals surface area contributed by atoms with Crippen LogP contribution in [-0.4, -0.2) is 17.9 Å². The third-order valence-corrected chi connectivity index (χ3v) is 3.28. The van der Waals surface area contributed by atoms with Crippen molar-refractivity contribution in [1.82, 2.24) is 0 Å². The summed E-state index contributed by atoms with van der Waals surface area (Å²) >= 11 is 3.28. The van der Waals surface area contributed by atoms with Crippen LogP contribution in [-0.2, 0) is 0 Å². The van der Waals surface area contributed by atoms with Gasteiger partial charge in [-0.1, -0.05) is 15.9 Å². The Hall–Kier alpha value is -2.41. The van der Waals surface area contributed by atoms with Gasteiger partial charge in [-0.25, -0.2) is 0 Å². The summed E-state index contributed by atoms with van der Waals surface area (Å²) in [6.45, 7) is 0. The Labute approximate surface area is 129 Å². The number of non-ortho nitro benzene ring substituents is 1. The zero-order valence-corrected chi connectivity index (χ0v) is 12.6. The number of carbonyl (C=O) groups excluding carboxylic acids is 1. The first-order valence-corrected chi connectivity index (χ1v) is 6.70. The van der Waals surface area contributed by atoms with E-state index in [1.54, 1.807) is 24.3 Å². The van der Waals surface area contributed by atoms with Crippen LogP contribution in [0.4, 0.5) is 11.4 Å². The van der Waals surface area contributed by atoms with Gasteiger partial charge < -0.3 is 10.1 Å². The molecule has 2 aromatic rings. The second-order valence-electron chi connectivity index (χ2n) is 4.10. The fraction of sp³-hybridized carbons (Fsp3) is 0.0714. The van der Waals surface area contributed by atoms with E-state index in [-0.39, 0.29) is 17.3 Å². The predicted octanol–water partition coefficient (Wildman–Crippen LogP) is 3.62. The van der Waals surface area contributed by atoms with Crippen LogP contribution in [0.5, 0.6) is 5.75 Å². The highest BCUT2D eigenvalue weighted by Crippen LogP contribution is 2.29. The predicted molar refractivity (Wildman–Crippen MR) is 81.7 cm³/mol. The Bertz CT molecular complexity index is 686. The summed E-state index contributed by atoms with van der Waals surface area (Å²) < 4.78 is 5.94. The zero-order chi connectivity index (χ0) is 15.4. The fourth-order valence-corrected chi connectivity index (χ4v) is 1.97.